The van der Waals surface area contributed by atoms with E-state index in [0.717, 1.165) is 19.3 Å². The third kappa shape index (κ3) is 4.55. The highest BCUT2D eigenvalue weighted by Crippen LogP contribution is 2.41. The second kappa shape index (κ2) is 9.21. The second-order valence-corrected chi connectivity index (χ2v) is 8.66. The van der Waals surface area contributed by atoms with Gasteiger partial charge in [-0.2, -0.15) is 4.98 Å². The molecule has 0 radical (unpaired) electrons. The standard InChI is InChI=1S/C23H29N5O5/c1-15-19(16(2)33-26-15)21(30)27-10-7-23(8-11-27)9-12-28(14-23)18(29)6-5-17-13-24-22(32-4)25-20(17)31-3/h5-6,13H,7-12,14H2,1-4H3. The monoisotopic (exact) mass is 455 g/mol. The number of ether oxygens (including phenoxy) is 2. The van der Waals surface area contributed by atoms with Crippen LogP contribution in [0.5, 0.6) is 11.9 Å². The van der Waals surface area contributed by atoms with Crippen LogP contribution in [0.15, 0.2) is 16.8 Å². The Kier molecular flexibility index (Phi) is 6.35. The molecule has 10 heteroatoms. The molecule has 0 aliphatic carbocycles. The van der Waals surface area contributed by atoms with Gasteiger partial charge in [0.15, 0.2) is 0 Å². The van der Waals surface area contributed by atoms with E-state index in [0.29, 0.717) is 54.6 Å². The normalized spacial score (nSPS) is 17.7. The highest BCUT2D eigenvalue weighted by atomic mass is 16.5. The Hall–Kier alpha value is -3.43. The molecule has 0 saturated carbocycles. The number of aromatic nitrogens is 3. The third-order valence-electron chi connectivity index (χ3n) is 6.65. The van der Waals surface area contributed by atoms with E-state index in [4.69, 9.17) is 14.0 Å². The quantitative estimate of drug-likeness (QED) is 0.632. The molecule has 0 aromatic carbocycles. The van der Waals surface area contributed by atoms with Gasteiger partial charge in [-0.25, -0.2) is 4.98 Å². The zero-order valence-electron chi connectivity index (χ0n) is 19.5. The van der Waals surface area contributed by atoms with Gasteiger partial charge in [-0.15, -0.1) is 0 Å². The topological polar surface area (TPSA) is 111 Å². The van der Waals surface area contributed by atoms with Crippen molar-refractivity contribution in [1.82, 2.24) is 24.9 Å². The van der Waals surface area contributed by atoms with E-state index in [1.54, 1.807) is 26.1 Å². The number of rotatable bonds is 5. The number of nitrogens with zero attached hydrogens (tertiary/aromatic N) is 5. The summed E-state index contributed by atoms with van der Waals surface area (Å²) >= 11 is 0. The van der Waals surface area contributed by atoms with Gasteiger partial charge in [0.2, 0.25) is 11.8 Å². The van der Waals surface area contributed by atoms with E-state index in [-0.39, 0.29) is 23.2 Å². The number of carbonyl (C=O) groups is 2. The number of piperidine rings is 1. The minimum Gasteiger partial charge on any atom is -0.480 e. The van der Waals surface area contributed by atoms with Gasteiger partial charge in [-0.05, 0) is 44.6 Å². The summed E-state index contributed by atoms with van der Waals surface area (Å²) in [6.07, 6.45) is 7.44. The number of hydrogen-bond acceptors (Lipinski definition) is 8. The predicted octanol–water partition coefficient (Wildman–Crippen LogP) is 2.27. The van der Waals surface area contributed by atoms with Crippen LogP contribution in [0.2, 0.25) is 0 Å². The fraction of sp³-hybridized carbons (Fsp3) is 0.522. The number of aryl methyl sites for hydroxylation is 2. The summed E-state index contributed by atoms with van der Waals surface area (Å²) in [5.41, 5.74) is 1.85. The fourth-order valence-electron chi connectivity index (χ4n) is 4.66. The zero-order valence-corrected chi connectivity index (χ0v) is 19.5. The van der Waals surface area contributed by atoms with Crippen LogP contribution in [0.1, 0.15) is 46.6 Å². The molecule has 1 spiro atoms. The minimum absolute atomic E-state index is 0.0226. The lowest BCUT2D eigenvalue weighted by molar-refractivity contribution is -0.125. The van der Waals surface area contributed by atoms with Gasteiger partial charge < -0.3 is 23.8 Å². The SMILES string of the molecule is COc1ncc(C=CC(=O)N2CCC3(CCN(C(=O)c4c(C)noc4C)CC3)C2)c(OC)n1. The Morgan fingerprint density at radius 3 is 2.39 bits per heavy atom. The summed E-state index contributed by atoms with van der Waals surface area (Å²) < 4.78 is 15.4. The van der Waals surface area contributed by atoms with Crippen molar-refractivity contribution in [2.24, 2.45) is 5.41 Å². The first kappa shape index (κ1) is 22.8. The number of amides is 2. The molecule has 2 saturated heterocycles. The number of hydrogen-bond donors (Lipinski definition) is 0. The molecular formula is C23H29N5O5. The first-order valence-electron chi connectivity index (χ1n) is 11.0. The van der Waals surface area contributed by atoms with Gasteiger partial charge >= 0.3 is 6.01 Å². The first-order valence-corrected chi connectivity index (χ1v) is 11.0. The van der Waals surface area contributed by atoms with Gasteiger partial charge in [-0.1, -0.05) is 5.16 Å². The zero-order chi connectivity index (χ0) is 23.6. The van der Waals surface area contributed by atoms with Gasteiger partial charge in [0.05, 0.1) is 25.5 Å². The highest BCUT2D eigenvalue weighted by molar-refractivity contribution is 5.96. The minimum atomic E-state index is -0.0565. The molecule has 10 nitrogen and oxygen atoms in total. The predicted molar refractivity (Wildman–Crippen MR) is 119 cm³/mol. The van der Waals surface area contributed by atoms with Crippen molar-refractivity contribution in [3.63, 3.8) is 0 Å². The fourth-order valence-corrected chi connectivity index (χ4v) is 4.66. The van der Waals surface area contributed by atoms with E-state index < -0.39 is 0 Å². The van der Waals surface area contributed by atoms with E-state index in [2.05, 4.69) is 15.1 Å². The van der Waals surface area contributed by atoms with Crippen LogP contribution in [0.3, 0.4) is 0 Å². The van der Waals surface area contributed by atoms with Gasteiger partial charge in [0.1, 0.15) is 11.3 Å². The Morgan fingerprint density at radius 2 is 1.79 bits per heavy atom. The molecule has 0 bridgehead atoms. The molecule has 2 amide bonds. The maximum Gasteiger partial charge on any atom is 0.319 e. The molecule has 2 fully saturated rings. The van der Waals surface area contributed by atoms with Crippen LogP contribution in [0, 0.1) is 19.3 Å². The average Bonchev–Trinajstić information content (AvgIpc) is 3.40. The first-order chi connectivity index (χ1) is 15.9. The Balaban J connectivity index is 1.35. The van der Waals surface area contributed by atoms with E-state index in [9.17, 15) is 9.59 Å². The summed E-state index contributed by atoms with van der Waals surface area (Å²) in [5, 5.41) is 3.90. The van der Waals surface area contributed by atoms with Crippen LogP contribution in [-0.2, 0) is 4.79 Å². The summed E-state index contributed by atoms with van der Waals surface area (Å²) in [4.78, 5) is 37.7. The molecule has 0 N–H and O–H groups in total. The van der Waals surface area contributed by atoms with Crippen molar-refractivity contribution in [2.45, 2.75) is 33.1 Å². The van der Waals surface area contributed by atoms with Crippen LogP contribution >= 0.6 is 0 Å². The van der Waals surface area contributed by atoms with Crippen LogP contribution in [0.4, 0.5) is 0 Å². The average molecular weight is 456 g/mol. The lowest BCUT2D eigenvalue weighted by Gasteiger charge is -2.39. The second-order valence-electron chi connectivity index (χ2n) is 8.66. The molecule has 4 rings (SSSR count). The summed E-state index contributed by atoms with van der Waals surface area (Å²) in [6.45, 7) is 6.29. The van der Waals surface area contributed by atoms with Crippen LogP contribution in [-0.4, -0.2) is 77.1 Å². The largest absolute Gasteiger partial charge is 0.480 e. The molecule has 4 heterocycles. The molecule has 2 aromatic heterocycles. The lowest BCUT2D eigenvalue weighted by atomic mass is 9.77. The van der Waals surface area contributed by atoms with Gasteiger partial charge in [-0.3, -0.25) is 9.59 Å². The van der Waals surface area contributed by atoms with E-state index >= 15 is 0 Å². The molecular weight excluding hydrogens is 426 g/mol. The van der Waals surface area contributed by atoms with Crippen molar-refractivity contribution in [2.75, 3.05) is 40.4 Å². The van der Waals surface area contributed by atoms with Crippen molar-refractivity contribution in [3.8, 4) is 11.9 Å². The molecule has 2 aromatic rings. The highest BCUT2D eigenvalue weighted by Gasteiger charge is 2.42. The summed E-state index contributed by atoms with van der Waals surface area (Å²) in [6, 6.07) is 0.205. The van der Waals surface area contributed by atoms with Crippen molar-refractivity contribution < 1.29 is 23.6 Å². The van der Waals surface area contributed by atoms with Crippen LogP contribution < -0.4 is 9.47 Å². The molecule has 33 heavy (non-hydrogen) atoms. The molecule has 176 valence electrons. The molecule has 0 atom stereocenters. The third-order valence-corrected chi connectivity index (χ3v) is 6.65. The molecule has 2 aliphatic rings. The number of methoxy groups -OCH3 is 2. The van der Waals surface area contributed by atoms with Gasteiger partial charge in [0.25, 0.3) is 5.91 Å². The number of carbonyl (C=O) groups excluding carboxylic acids is 2. The van der Waals surface area contributed by atoms with Gasteiger partial charge in [0, 0.05) is 38.5 Å². The lowest BCUT2D eigenvalue weighted by Crippen LogP contribution is -2.44. The Labute approximate surface area is 192 Å². The smallest absolute Gasteiger partial charge is 0.319 e. The maximum absolute atomic E-state index is 12.9. The van der Waals surface area contributed by atoms with E-state index in [1.807, 2.05) is 9.80 Å². The summed E-state index contributed by atoms with van der Waals surface area (Å²) in [7, 11) is 2.99. The van der Waals surface area contributed by atoms with Crippen LogP contribution in [0.25, 0.3) is 6.08 Å². The van der Waals surface area contributed by atoms with Crippen molar-refractivity contribution >= 4 is 17.9 Å². The van der Waals surface area contributed by atoms with E-state index in [1.165, 1.54) is 20.3 Å². The molecule has 2 aliphatic heterocycles. The van der Waals surface area contributed by atoms with Crippen molar-refractivity contribution in [1.29, 1.82) is 0 Å². The molecule has 0 unspecified atom stereocenters. The maximum atomic E-state index is 12.9. The Morgan fingerprint density at radius 1 is 1.09 bits per heavy atom. The van der Waals surface area contributed by atoms with Crippen molar-refractivity contribution in [3.05, 3.63) is 34.9 Å². The summed E-state index contributed by atoms with van der Waals surface area (Å²) in [5.74, 6) is 0.824. The Bertz CT molecular complexity index is 1050. The number of likely N-dealkylation sites (tertiary alicyclic amines) is 2.